The Bertz CT molecular complexity index is 839. The zero-order chi connectivity index (χ0) is 18.0. The van der Waals surface area contributed by atoms with Crippen LogP contribution < -0.4 is 11.1 Å². The van der Waals surface area contributed by atoms with E-state index >= 15 is 0 Å². The van der Waals surface area contributed by atoms with E-state index in [0.717, 1.165) is 6.42 Å². The minimum Gasteiger partial charge on any atom is -0.408 e. The summed E-state index contributed by atoms with van der Waals surface area (Å²) in [6.07, 6.45) is 0.721. The molecule has 0 atom stereocenters. The molecule has 0 bridgehead atoms. The molecule has 0 radical (unpaired) electrons. The highest BCUT2D eigenvalue weighted by Crippen LogP contribution is 2.15. The Morgan fingerprint density at radius 1 is 1.16 bits per heavy atom. The van der Waals surface area contributed by atoms with Crippen molar-refractivity contribution in [3.05, 3.63) is 34.3 Å². The maximum atomic E-state index is 12.7. The number of rotatable bonds is 2. The van der Waals surface area contributed by atoms with E-state index in [1.54, 1.807) is 28.0 Å². The van der Waals surface area contributed by atoms with E-state index in [4.69, 9.17) is 4.42 Å². The van der Waals surface area contributed by atoms with Crippen LogP contribution >= 0.6 is 0 Å². The second-order valence-corrected chi connectivity index (χ2v) is 6.46. The Morgan fingerprint density at radius 3 is 2.64 bits per heavy atom. The lowest BCUT2D eigenvalue weighted by Gasteiger charge is -2.23. The number of carbonyl (C=O) groups excluding carboxylic acids is 2. The Labute approximate surface area is 144 Å². The van der Waals surface area contributed by atoms with Gasteiger partial charge in [0.25, 0.3) is 5.91 Å². The standard InChI is InChI=1S/C17H22N4O4/c1-11(2)18-16(23)21-7-3-6-20(8-9-21)15(22)12-4-5-13-14(10-12)25-17(24)19-13/h4-5,10-11H,3,6-9H2,1-2H3,(H,18,23)(H,19,24). The van der Waals surface area contributed by atoms with Crippen LogP contribution in [0, 0.1) is 0 Å². The maximum Gasteiger partial charge on any atom is 0.417 e. The van der Waals surface area contributed by atoms with Crippen molar-refractivity contribution in [1.29, 1.82) is 0 Å². The largest absolute Gasteiger partial charge is 0.417 e. The third kappa shape index (κ3) is 3.84. The summed E-state index contributed by atoms with van der Waals surface area (Å²) in [5.74, 6) is -0.668. The highest BCUT2D eigenvalue weighted by Gasteiger charge is 2.23. The Kier molecular flexibility index (Phi) is 4.78. The summed E-state index contributed by atoms with van der Waals surface area (Å²) in [5, 5.41) is 2.88. The SMILES string of the molecule is CC(C)NC(=O)N1CCCN(C(=O)c2ccc3[nH]c(=O)oc3c2)CC1. The molecule has 0 unspecified atom stereocenters. The van der Waals surface area contributed by atoms with Gasteiger partial charge in [0.05, 0.1) is 5.52 Å². The number of nitrogens with zero attached hydrogens (tertiary/aromatic N) is 2. The lowest BCUT2D eigenvalue weighted by atomic mass is 10.1. The van der Waals surface area contributed by atoms with Crippen LogP contribution in [-0.4, -0.2) is 58.9 Å². The van der Waals surface area contributed by atoms with Crippen LogP contribution in [0.5, 0.6) is 0 Å². The van der Waals surface area contributed by atoms with E-state index in [2.05, 4.69) is 10.3 Å². The topological polar surface area (TPSA) is 98.6 Å². The number of urea groups is 1. The number of H-pyrrole nitrogens is 1. The quantitative estimate of drug-likeness (QED) is 0.858. The van der Waals surface area contributed by atoms with E-state index in [9.17, 15) is 14.4 Å². The average molecular weight is 346 g/mol. The van der Waals surface area contributed by atoms with Gasteiger partial charge in [-0.1, -0.05) is 0 Å². The van der Waals surface area contributed by atoms with Crippen LogP contribution in [-0.2, 0) is 0 Å². The number of carbonyl (C=O) groups is 2. The van der Waals surface area contributed by atoms with E-state index in [0.29, 0.717) is 42.8 Å². The normalized spacial score (nSPS) is 15.5. The minimum atomic E-state index is -0.541. The van der Waals surface area contributed by atoms with Crippen molar-refractivity contribution in [2.75, 3.05) is 26.2 Å². The minimum absolute atomic E-state index is 0.0798. The molecule has 0 saturated carbocycles. The Morgan fingerprint density at radius 2 is 1.88 bits per heavy atom. The van der Waals surface area contributed by atoms with Gasteiger partial charge in [0, 0.05) is 37.8 Å². The molecule has 8 nitrogen and oxygen atoms in total. The lowest BCUT2D eigenvalue weighted by Crippen LogP contribution is -2.44. The predicted octanol–water partition coefficient (Wildman–Crippen LogP) is 1.39. The third-order valence-corrected chi connectivity index (χ3v) is 4.15. The lowest BCUT2D eigenvalue weighted by molar-refractivity contribution is 0.0762. The van der Waals surface area contributed by atoms with Crippen LogP contribution in [0.2, 0.25) is 0 Å². The Balaban J connectivity index is 1.69. The molecule has 1 saturated heterocycles. The smallest absolute Gasteiger partial charge is 0.408 e. The number of nitrogens with one attached hydrogen (secondary N) is 2. The van der Waals surface area contributed by atoms with Gasteiger partial charge >= 0.3 is 11.8 Å². The van der Waals surface area contributed by atoms with Crippen LogP contribution in [0.1, 0.15) is 30.6 Å². The first-order valence-electron chi connectivity index (χ1n) is 8.41. The zero-order valence-corrected chi connectivity index (χ0v) is 14.4. The van der Waals surface area contributed by atoms with Crippen molar-refractivity contribution in [3.8, 4) is 0 Å². The van der Waals surface area contributed by atoms with Gasteiger partial charge in [-0.3, -0.25) is 9.78 Å². The highest BCUT2D eigenvalue weighted by atomic mass is 16.4. The molecule has 2 heterocycles. The molecule has 1 aromatic carbocycles. The summed E-state index contributed by atoms with van der Waals surface area (Å²) < 4.78 is 5.01. The summed E-state index contributed by atoms with van der Waals surface area (Å²) >= 11 is 0. The Hall–Kier alpha value is -2.77. The molecule has 1 aliphatic heterocycles. The molecule has 25 heavy (non-hydrogen) atoms. The molecule has 134 valence electrons. The van der Waals surface area contributed by atoms with E-state index < -0.39 is 5.76 Å². The molecule has 3 rings (SSSR count). The van der Waals surface area contributed by atoms with E-state index in [1.165, 1.54) is 0 Å². The van der Waals surface area contributed by atoms with Gasteiger partial charge < -0.3 is 19.5 Å². The predicted molar refractivity (Wildman–Crippen MR) is 92.6 cm³/mol. The highest BCUT2D eigenvalue weighted by molar-refractivity contribution is 5.97. The molecule has 0 aliphatic carbocycles. The van der Waals surface area contributed by atoms with Crippen molar-refractivity contribution < 1.29 is 14.0 Å². The summed E-state index contributed by atoms with van der Waals surface area (Å²) in [4.78, 5) is 42.1. The monoisotopic (exact) mass is 346 g/mol. The van der Waals surface area contributed by atoms with Gasteiger partial charge in [-0.25, -0.2) is 9.59 Å². The first kappa shape index (κ1) is 17.1. The fourth-order valence-corrected chi connectivity index (χ4v) is 2.92. The number of benzene rings is 1. The molecular weight excluding hydrogens is 324 g/mol. The molecule has 1 fully saturated rings. The van der Waals surface area contributed by atoms with Crippen molar-refractivity contribution >= 4 is 23.0 Å². The number of oxazole rings is 1. The van der Waals surface area contributed by atoms with Gasteiger partial charge in [0.2, 0.25) is 0 Å². The summed E-state index contributed by atoms with van der Waals surface area (Å²) in [7, 11) is 0. The first-order chi connectivity index (χ1) is 11.9. The second kappa shape index (κ2) is 7.00. The molecule has 2 aromatic rings. The van der Waals surface area contributed by atoms with Gasteiger partial charge in [-0.2, -0.15) is 0 Å². The number of fused-ring (bicyclic) bond motifs is 1. The van der Waals surface area contributed by atoms with Crippen LogP contribution in [0.4, 0.5) is 4.79 Å². The van der Waals surface area contributed by atoms with Gasteiger partial charge in [-0.05, 0) is 38.5 Å². The number of hydrogen-bond acceptors (Lipinski definition) is 4. The fourth-order valence-electron chi connectivity index (χ4n) is 2.92. The van der Waals surface area contributed by atoms with Gasteiger partial charge in [0.15, 0.2) is 5.58 Å². The molecule has 3 amide bonds. The van der Waals surface area contributed by atoms with Crippen molar-refractivity contribution in [3.63, 3.8) is 0 Å². The number of hydrogen-bond donors (Lipinski definition) is 2. The first-order valence-corrected chi connectivity index (χ1v) is 8.41. The van der Waals surface area contributed by atoms with Crippen LogP contribution in [0.15, 0.2) is 27.4 Å². The number of amides is 3. The summed E-state index contributed by atoms with van der Waals surface area (Å²) in [6, 6.07) is 4.89. The second-order valence-electron chi connectivity index (χ2n) is 6.46. The van der Waals surface area contributed by atoms with Crippen molar-refractivity contribution in [2.45, 2.75) is 26.3 Å². The molecule has 8 heteroatoms. The molecule has 1 aliphatic rings. The van der Waals surface area contributed by atoms with E-state index in [-0.39, 0.29) is 18.0 Å². The van der Waals surface area contributed by atoms with Gasteiger partial charge in [0.1, 0.15) is 0 Å². The zero-order valence-electron chi connectivity index (χ0n) is 14.4. The van der Waals surface area contributed by atoms with E-state index in [1.807, 2.05) is 13.8 Å². The van der Waals surface area contributed by atoms with Crippen molar-refractivity contribution in [2.24, 2.45) is 0 Å². The number of aromatic amines is 1. The summed E-state index contributed by atoms with van der Waals surface area (Å²) in [6.45, 7) is 6.00. The average Bonchev–Trinajstić information content (AvgIpc) is 2.77. The fraction of sp³-hybridized carbons (Fsp3) is 0.471. The summed E-state index contributed by atoms with van der Waals surface area (Å²) in [5.41, 5.74) is 1.40. The molecule has 1 aromatic heterocycles. The molecule has 2 N–H and O–H groups in total. The van der Waals surface area contributed by atoms with Crippen molar-refractivity contribution in [1.82, 2.24) is 20.1 Å². The molecular formula is C17H22N4O4. The van der Waals surface area contributed by atoms with Gasteiger partial charge in [-0.15, -0.1) is 0 Å². The molecule has 0 spiro atoms. The maximum absolute atomic E-state index is 12.7. The van der Waals surface area contributed by atoms with Crippen LogP contribution in [0.25, 0.3) is 11.1 Å². The third-order valence-electron chi connectivity index (χ3n) is 4.15. The number of aromatic nitrogens is 1. The van der Waals surface area contributed by atoms with Crippen LogP contribution in [0.3, 0.4) is 0 Å².